The van der Waals surface area contributed by atoms with Gasteiger partial charge in [-0.1, -0.05) is 29.8 Å². The van der Waals surface area contributed by atoms with Gasteiger partial charge >= 0.3 is 0 Å². The largest absolute Gasteiger partial charge is 0.385 e. The van der Waals surface area contributed by atoms with Crippen molar-refractivity contribution in [3.8, 4) is 0 Å². The Morgan fingerprint density at radius 3 is 2.33 bits per heavy atom. The third-order valence-electron chi connectivity index (χ3n) is 5.39. The van der Waals surface area contributed by atoms with Gasteiger partial charge in [0.05, 0.1) is 4.90 Å². The van der Waals surface area contributed by atoms with Gasteiger partial charge < -0.3 is 10.2 Å². The van der Waals surface area contributed by atoms with Crippen LogP contribution in [0.4, 0.5) is 5.69 Å². The predicted octanol–water partition coefficient (Wildman–Crippen LogP) is 5.34. The van der Waals surface area contributed by atoms with Crippen LogP contribution in [0.3, 0.4) is 0 Å². The summed E-state index contributed by atoms with van der Waals surface area (Å²) in [4.78, 5) is 2.94. The molecule has 1 aliphatic rings. The molecule has 0 spiro atoms. The normalized spacial score (nSPS) is 15.1. The number of nitrogens with zero attached hydrogens (tertiary/aromatic N) is 1. The number of halogens is 3. The lowest BCUT2D eigenvalue weighted by Gasteiger charge is -2.32. The van der Waals surface area contributed by atoms with Crippen LogP contribution in [-0.2, 0) is 16.3 Å². The van der Waals surface area contributed by atoms with E-state index in [9.17, 15) is 8.42 Å². The molecule has 168 valence electrons. The summed E-state index contributed by atoms with van der Waals surface area (Å²) in [7, 11) is -3.11. The van der Waals surface area contributed by atoms with E-state index in [-0.39, 0.29) is 24.8 Å². The van der Waals surface area contributed by atoms with Crippen LogP contribution in [0.1, 0.15) is 24.8 Å². The van der Waals surface area contributed by atoms with Gasteiger partial charge in [-0.3, -0.25) is 0 Å². The van der Waals surface area contributed by atoms with Crippen molar-refractivity contribution in [3.63, 3.8) is 0 Å². The summed E-state index contributed by atoms with van der Waals surface area (Å²) in [6.07, 6.45) is 5.81. The summed E-state index contributed by atoms with van der Waals surface area (Å²) in [5.41, 5.74) is 2.31. The molecule has 0 radical (unpaired) electrons. The fourth-order valence-electron chi connectivity index (χ4n) is 3.75. The zero-order valence-corrected chi connectivity index (χ0v) is 20.4. The molecule has 0 bridgehead atoms. The Bertz CT molecular complexity index is 868. The summed E-state index contributed by atoms with van der Waals surface area (Å²) in [6.45, 7) is 4.35. The van der Waals surface area contributed by atoms with E-state index in [0.29, 0.717) is 10.8 Å². The minimum absolute atomic E-state index is 0. The third-order valence-corrected chi connectivity index (χ3v) is 6.75. The Labute approximate surface area is 198 Å². The van der Waals surface area contributed by atoms with Crippen LogP contribution in [0.25, 0.3) is 0 Å². The van der Waals surface area contributed by atoms with Gasteiger partial charge in [0.15, 0.2) is 9.84 Å². The van der Waals surface area contributed by atoms with Crippen molar-refractivity contribution in [2.24, 2.45) is 5.92 Å². The van der Waals surface area contributed by atoms with Gasteiger partial charge in [-0.05, 0) is 87.1 Å². The summed E-state index contributed by atoms with van der Waals surface area (Å²) in [6, 6.07) is 15.2. The van der Waals surface area contributed by atoms with E-state index >= 15 is 0 Å². The smallest absolute Gasteiger partial charge is 0.175 e. The molecule has 1 heterocycles. The minimum Gasteiger partial charge on any atom is -0.385 e. The molecule has 1 N–H and O–H groups in total. The Morgan fingerprint density at radius 1 is 1.07 bits per heavy atom. The van der Waals surface area contributed by atoms with Crippen molar-refractivity contribution in [1.29, 1.82) is 0 Å². The van der Waals surface area contributed by atoms with Crippen LogP contribution in [0.15, 0.2) is 53.4 Å². The molecular formula is C22H31Cl3N2O2S. The van der Waals surface area contributed by atoms with Crippen LogP contribution < -0.4 is 5.32 Å². The first-order valence-corrected chi connectivity index (χ1v) is 12.2. The first kappa shape index (κ1) is 27.1. The highest BCUT2D eigenvalue weighted by Gasteiger charge is 2.19. The molecule has 0 amide bonds. The molecule has 1 saturated heterocycles. The van der Waals surface area contributed by atoms with E-state index < -0.39 is 9.84 Å². The number of sulfone groups is 1. The van der Waals surface area contributed by atoms with E-state index in [2.05, 4.69) is 10.2 Å². The number of hydrogen-bond donors (Lipinski definition) is 1. The monoisotopic (exact) mass is 492 g/mol. The molecule has 30 heavy (non-hydrogen) atoms. The third kappa shape index (κ3) is 8.64. The maximum atomic E-state index is 11.6. The summed E-state index contributed by atoms with van der Waals surface area (Å²) in [5.74, 6) is 0.685. The first-order valence-electron chi connectivity index (χ1n) is 9.91. The van der Waals surface area contributed by atoms with Crippen molar-refractivity contribution >= 4 is 51.9 Å². The Balaban J connectivity index is 0.00000225. The fraction of sp³-hybridized carbons (Fsp3) is 0.455. The molecule has 0 unspecified atom stereocenters. The zero-order valence-electron chi connectivity index (χ0n) is 17.2. The number of rotatable bonds is 8. The summed E-state index contributed by atoms with van der Waals surface area (Å²) in [5, 5.41) is 4.19. The Hall–Kier alpha value is -0.980. The highest BCUT2D eigenvalue weighted by Crippen LogP contribution is 2.23. The zero-order chi connectivity index (χ0) is 20.0. The molecule has 1 fully saturated rings. The predicted molar refractivity (Wildman–Crippen MR) is 131 cm³/mol. The molecule has 8 heteroatoms. The summed E-state index contributed by atoms with van der Waals surface area (Å²) < 4.78 is 23.1. The standard InChI is InChI=1S/C22H29ClN2O2S.2ClH/c1-28(26,27)22-8-6-18(7-9-22)16-19-10-14-25(15-11-19)13-3-12-24-21-5-2-4-20(23)17-21;;/h2,4-9,17,19,24H,3,10-16H2,1H3;2*1H. The van der Waals surface area contributed by atoms with Crippen LogP contribution in [0, 0.1) is 5.92 Å². The second-order valence-electron chi connectivity index (χ2n) is 7.70. The van der Waals surface area contributed by atoms with E-state index in [4.69, 9.17) is 11.6 Å². The maximum Gasteiger partial charge on any atom is 0.175 e. The lowest BCUT2D eigenvalue weighted by Crippen LogP contribution is -2.35. The number of hydrogen-bond acceptors (Lipinski definition) is 4. The van der Waals surface area contributed by atoms with Gasteiger partial charge in [-0.15, -0.1) is 24.8 Å². The minimum atomic E-state index is -3.11. The lowest BCUT2D eigenvalue weighted by atomic mass is 9.90. The van der Waals surface area contributed by atoms with Crippen molar-refractivity contribution in [2.45, 2.75) is 30.6 Å². The Morgan fingerprint density at radius 2 is 1.73 bits per heavy atom. The topological polar surface area (TPSA) is 49.4 Å². The molecule has 0 saturated carbocycles. The molecule has 2 aromatic rings. The van der Waals surface area contributed by atoms with Gasteiger partial charge in [0, 0.05) is 23.5 Å². The van der Waals surface area contributed by atoms with Gasteiger partial charge in [-0.25, -0.2) is 8.42 Å². The number of anilines is 1. The van der Waals surface area contributed by atoms with Gasteiger partial charge in [0.2, 0.25) is 0 Å². The highest BCUT2D eigenvalue weighted by atomic mass is 35.5. The molecule has 3 rings (SSSR count). The SMILES string of the molecule is CS(=O)(=O)c1ccc(CC2CCN(CCCNc3cccc(Cl)c3)CC2)cc1.Cl.Cl. The van der Waals surface area contributed by atoms with Gasteiger partial charge in [-0.2, -0.15) is 0 Å². The first-order chi connectivity index (χ1) is 13.4. The number of benzene rings is 2. The second kappa shape index (κ2) is 12.8. The van der Waals surface area contributed by atoms with Crippen molar-refractivity contribution in [2.75, 3.05) is 37.8 Å². The van der Waals surface area contributed by atoms with Crippen LogP contribution in [-0.4, -0.2) is 45.8 Å². The summed E-state index contributed by atoms with van der Waals surface area (Å²) >= 11 is 6.00. The average Bonchev–Trinajstić information content (AvgIpc) is 2.66. The lowest BCUT2D eigenvalue weighted by molar-refractivity contribution is 0.183. The van der Waals surface area contributed by atoms with E-state index in [0.717, 1.165) is 49.7 Å². The number of piperidine rings is 1. The molecule has 0 aliphatic carbocycles. The molecule has 0 atom stereocenters. The Kier molecular flexibility index (Phi) is 11.5. The number of likely N-dealkylation sites (tertiary alicyclic amines) is 1. The van der Waals surface area contributed by atoms with Crippen LogP contribution >= 0.6 is 36.4 Å². The number of nitrogens with one attached hydrogen (secondary N) is 1. The van der Waals surface area contributed by atoms with Crippen molar-refractivity contribution in [3.05, 3.63) is 59.1 Å². The van der Waals surface area contributed by atoms with Gasteiger partial charge in [0.1, 0.15) is 0 Å². The second-order valence-corrected chi connectivity index (χ2v) is 10.1. The van der Waals surface area contributed by atoms with Crippen molar-refractivity contribution in [1.82, 2.24) is 4.90 Å². The van der Waals surface area contributed by atoms with Crippen LogP contribution in [0.5, 0.6) is 0 Å². The molecule has 4 nitrogen and oxygen atoms in total. The average molecular weight is 494 g/mol. The fourth-order valence-corrected chi connectivity index (χ4v) is 4.57. The molecule has 2 aromatic carbocycles. The van der Waals surface area contributed by atoms with Crippen molar-refractivity contribution < 1.29 is 8.42 Å². The quantitative estimate of drug-likeness (QED) is 0.504. The van der Waals surface area contributed by atoms with E-state index in [1.165, 1.54) is 24.7 Å². The molecule has 1 aliphatic heterocycles. The highest BCUT2D eigenvalue weighted by molar-refractivity contribution is 7.90. The van der Waals surface area contributed by atoms with E-state index in [1.54, 1.807) is 12.1 Å². The van der Waals surface area contributed by atoms with Gasteiger partial charge in [0.25, 0.3) is 0 Å². The molecular weight excluding hydrogens is 463 g/mol. The molecule has 0 aromatic heterocycles. The van der Waals surface area contributed by atoms with Crippen LogP contribution in [0.2, 0.25) is 5.02 Å². The maximum absolute atomic E-state index is 11.6. The van der Waals surface area contributed by atoms with E-state index in [1.807, 2.05) is 36.4 Å².